The van der Waals surface area contributed by atoms with Crippen LogP contribution in [0.15, 0.2) is 83.8 Å². The molecule has 4 nitrogen and oxygen atoms in total. The summed E-state index contributed by atoms with van der Waals surface area (Å²) < 4.78 is 0. The summed E-state index contributed by atoms with van der Waals surface area (Å²) in [5.41, 5.74) is 3.14. The van der Waals surface area contributed by atoms with Gasteiger partial charge in [0.05, 0.1) is 5.75 Å². The second-order valence-corrected chi connectivity index (χ2v) is 10.3. The van der Waals surface area contributed by atoms with Gasteiger partial charge in [0.15, 0.2) is 0 Å². The van der Waals surface area contributed by atoms with Crippen molar-refractivity contribution >= 4 is 35.2 Å². The molecule has 0 saturated carbocycles. The number of carbonyl (C=O) groups excluding carboxylic acids is 2. The lowest BCUT2D eigenvalue weighted by atomic mass is 10.0. The SMILES string of the molecule is CCC(C)NC(=O)C(Cc1ccccc1)N(Cc1cccc(C)c1)C(=O)CSc1ccc(Cl)cc1. The van der Waals surface area contributed by atoms with E-state index >= 15 is 0 Å². The van der Waals surface area contributed by atoms with E-state index in [1.807, 2.05) is 93.6 Å². The van der Waals surface area contributed by atoms with E-state index in [1.165, 1.54) is 11.8 Å². The Bertz CT molecular complexity index is 1110. The number of amides is 2. The van der Waals surface area contributed by atoms with Crippen LogP contribution < -0.4 is 5.32 Å². The molecule has 2 unspecified atom stereocenters. The molecule has 184 valence electrons. The Hall–Kier alpha value is -2.76. The van der Waals surface area contributed by atoms with Crippen LogP contribution in [0.1, 0.15) is 37.0 Å². The molecule has 2 amide bonds. The van der Waals surface area contributed by atoms with Crippen molar-refractivity contribution in [1.82, 2.24) is 10.2 Å². The Morgan fingerprint density at radius 3 is 2.31 bits per heavy atom. The summed E-state index contributed by atoms with van der Waals surface area (Å²) in [7, 11) is 0. The Morgan fingerprint density at radius 1 is 0.971 bits per heavy atom. The zero-order chi connectivity index (χ0) is 25.2. The highest BCUT2D eigenvalue weighted by Crippen LogP contribution is 2.23. The van der Waals surface area contributed by atoms with Crippen LogP contribution in [0.2, 0.25) is 5.02 Å². The topological polar surface area (TPSA) is 49.4 Å². The predicted octanol–water partition coefficient (Wildman–Crippen LogP) is 6.30. The van der Waals surface area contributed by atoms with Crippen molar-refractivity contribution in [2.45, 2.75) is 57.1 Å². The number of rotatable bonds is 11. The first-order valence-corrected chi connectivity index (χ1v) is 13.3. The summed E-state index contributed by atoms with van der Waals surface area (Å²) >= 11 is 7.46. The normalized spacial score (nSPS) is 12.6. The first kappa shape index (κ1) is 26.8. The molecule has 0 heterocycles. The molecule has 1 N–H and O–H groups in total. The summed E-state index contributed by atoms with van der Waals surface area (Å²) in [6.45, 7) is 6.42. The number of aryl methyl sites for hydroxylation is 1. The van der Waals surface area contributed by atoms with E-state index in [2.05, 4.69) is 11.4 Å². The highest BCUT2D eigenvalue weighted by atomic mass is 35.5. The van der Waals surface area contributed by atoms with Crippen molar-refractivity contribution in [1.29, 1.82) is 0 Å². The lowest BCUT2D eigenvalue weighted by Gasteiger charge is -2.32. The summed E-state index contributed by atoms with van der Waals surface area (Å²) in [5, 5.41) is 3.77. The van der Waals surface area contributed by atoms with E-state index < -0.39 is 6.04 Å². The van der Waals surface area contributed by atoms with E-state index in [4.69, 9.17) is 11.6 Å². The van der Waals surface area contributed by atoms with E-state index in [9.17, 15) is 9.59 Å². The molecule has 2 atom stereocenters. The minimum absolute atomic E-state index is 0.0279. The molecule has 0 aliphatic carbocycles. The van der Waals surface area contributed by atoms with Crippen LogP contribution in [0.3, 0.4) is 0 Å². The molecule has 0 fully saturated rings. The van der Waals surface area contributed by atoms with Gasteiger partial charge in [-0.1, -0.05) is 78.7 Å². The van der Waals surface area contributed by atoms with E-state index in [0.717, 1.165) is 28.0 Å². The number of carbonyl (C=O) groups is 2. The fraction of sp³-hybridized carbons (Fsp3) is 0.310. The van der Waals surface area contributed by atoms with Gasteiger partial charge in [-0.3, -0.25) is 9.59 Å². The molecular weight excluding hydrogens is 476 g/mol. The molecule has 6 heteroatoms. The van der Waals surface area contributed by atoms with Crippen LogP contribution in [0.25, 0.3) is 0 Å². The van der Waals surface area contributed by atoms with Gasteiger partial charge >= 0.3 is 0 Å². The maximum atomic E-state index is 13.7. The van der Waals surface area contributed by atoms with Crippen molar-refractivity contribution in [3.63, 3.8) is 0 Å². The number of benzene rings is 3. The van der Waals surface area contributed by atoms with Gasteiger partial charge in [-0.15, -0.1) is 11.8 Å². The third-order valence-corrected chi connectivity index (χ3v) is 7.13. The Kier molecular flexibility index (Phi) is 10.2. The van der Waals surface area contributed by atoms with Crippen LogP contribution >= 0.6 is 23.4 Å². The molecule has 0 saturated heterocycles. The molecule has 0 aromatic heterocycles. The van der Waals surface area contributed by atoms with E-state index in [0.29, 0.717) is 18.0 Å². The third kappa shape index (κ3) is 8.44. The highest BCUT2D eigenvalue weighted by molar-refractivity contribution is 8.00. The molecule has 0 bridgehead atoms. The molecule has 35 heavy (non-hydrogen) atoms. The van der Waals surface area contributed by atoms with Crippen molar-refractivity contribution in [2.24, 2.45) is 0 Å². The fourth-order valence-corrected chi connectivity index (χ4v) is 4.67. The van der Waals surface area contributed by atoms with Gasteiger partial charge in [0, 0.05) is 28.9 Å². The Balaban J connectivity index is 1.90. The number of hydrogen-bond acceptors (Lipinski definition) is 3. The molecule has 3 aromatic rings. The van der Waals surface area contributed by atoms with Crippen molar-refractivity contribution in [3.05, 3.63) is 101 Å². The summed E-state index contributed by atoms with van der Waals surface area (Å²) in [5.74, 6) is 0.0300. The quantitative estimate of drug-likeness (QED) is 0.309. The molecule has 0 radical (unpaired) electrons. The van der Waals surface area contributed by atoms with Crippen LogP contribution in [-0.2, 0) is 22.6 Å². The number of nitrogens with zero attached hydrogens (tertiary/aromatic N) is 1. The van der Waals surface area contributed by atoms with Gasteiger partial charge in [-0.05, 0) is 55.7 Å². The fourth-order valence-electron chi connectivity index (χ4n) is 3.76. The van der Waals surface area contributed by atoms with Gasteiger partial charge in [-0.25, -0.2) is 0 Å². The highest BCUT2D eigenvalue weighted by Gasteiger charge is 2.31. The number of nitrogens with one attached hydrogen (secondary N) is 1. The molecule has 3 aromatic carbocycles. The number of thioether (sulfide) groups is 1. The lowest BCUT2D eigenvalue weighted by molar-refractivity contribution is -0.139. The molecule has 0 aliphatic heterocycles. The lowest BCUT2D eigenvalue weighted by Crippen LogP contribution is -2.52. The summed E-state index contributed by atoms with van der Waals surface area (Å²) in [6.07, 6.45) is 1.27. The van der Waals surface area contributed by atoms with Crippen LogP contribution in [-0.4, -0.2) is 34.6 Å². The van der Waals surface area contributed by atoms with Crippen LogP contribution in [0.4, 0.5) is 0 Å². The summed E-state index contributed by atoms with van der Waals surface area (Å²) in [6, 6.07) is 24.8. The zero-order valence-corrected chi connectivity index (χ0v) is 22.1. The van der Waals surface area contributed by atoms with E-state index in [1.54, 1.807) is 4.90 Å². The van der Waals surface area contributed by atoms with Crippen molar-refractivity contribution < 1.29 is 9.59 Å². The van der Waals surface area contributed by atoms with Gasteiger partial charge < -0.3 is 10.2 Å². The van der Waals surface area contributed by atoms with Crippen molar-refractivity contribution in [3.8, 4) is 0 Å². The zero-order valence-electron chi connectivity index (χ0n) is 20.5. The average molecular weight is 509 g/mol. The molecule has 0 spiro atoms. The number of halogens is 1. The molecular formula is C29H33ClN2O2S. The van der Waals surface area contributed by atoms with Crippen molar-refractivity contribution in [2.75, 3.05) is 5.75 Å². The maximum absolute atomic E-state index is 13.7. The number of hydrogen-bond donors (Lipinski definition) is 1. The predicted molar refractivity (Wildman–Crippen MR) is 146 cm³/mol. The van der Waals surface area contributed by atoms with Gasteiger partial charge in [0.25, 0.3) is 0 Å². The third-order valence-electron chi connectivity index (χ3n) is 5.88. The minimum atomic E-state index is -0.620. The van der Waals surface area contributed by atoms with Crippen LogP contribution in [0, 0.1) is 6.92 Å². The minimum Gasteiger partial charge on any atom is -0.352 e. The van der Waals surface area contributed by atoms with Gasteiger partial charge in [0.1, 0.15) is 6.04 Å². The smallest absolute Gasteiger partial charge is 0.243 e. The van der Waals surface area contributed by atoms with Crippen LogP contribution in [0.5, 0.6) is 0 Å². The molecule has 3 rings (SSSR count). The monoisotopic (exact) mass is 508 g/mol. The van der Waals surface area contributed by atoms with E-state index in [-0.39, 0.29) is 23.6 Å². The first-order chi connectivity index (χ1) is 16.9. The average Bonchev–Trinajstić information content (AvgIpc) is 2.86. The maximum Gasteiger partial charge on any atom is 0.243 e. The Labute approximate surface area is 218 Å². The second kappa shape index (κ2) is 13.4. The van der Waals surface area contributed by atoms with Gasteiger partial charge in [-0.2, -0.15) is 0 Å². The van der Waals surface area contributed by atoms with Gasteiger partial charge in [0.2, 0.25) is 11.8 Å². The standard InChI is InChI=1S/C29H33ClN2O2S/c1-4-22(3)31-29(34)27(18-23-10-6-5-7-11-23)32(19-24-12-8-9-21(2)17-24)28(33)20-35-26-15-13-25(30)14-16-26/h5-17,22,27H,4,18-20H2,1-3H3,(H,31,34). The first-order valence-electron chi connectivity index (χ1n) is 11.9. The Morgan fingerprint density at radius 2 is 1.66 bits per heavy atom. The molecule has 0 aliphatic rings. The summed E-state index contributed by atoms with van der Waals surface area (Å²) in [4.78, 5) is 29.9. The largest absolute Gasteiger partial charge is 0.352 e. The second-order valence-electron chi connectivity index (χ2n) is 8.78.